The second-order valence-electron chi connectivity index (χ2n) is 4.85. The van der Waals surface area contributed by atoms with Gasteiger partial charge in [0.25, 0.3) is 0 Å². The summed E-state index contributed by atoms with van der Waals surface area (Å²) in [6.07, 6.45) is 9.43. The number of hydrogen-bond donors (Lipinski definition) is 1. The number of hydrogen-bond acceptors (Lipinski definition) is 3. The monoisotopic (exact) mass is 222 g/mol. The van der Waals surface area contributed by atoms with Gasteiger partial charge in [-0.1, -0.05) is 37.3 Å². The van der Waals surface area contributed by atoms with Gasteiger partial charge >= 0.3 is 0 Å². The molecule has 0 radical (unpaired) electrons. The van der Waals surface area contributed by atoms with Crippen LogP contribution in [0.4, 0.5) is 0 Å². The van der Waals surface area contributed by atoms with Gasteiger partial charge in [0.15, 0.2) is 0 Å². The van der Waals surface area contributed by atoms with E-state index in [9.17, 15) is 0 Å². The summed E-state index contributed by atoms with van der Waals surface area (Å²) in [7, 11) is 1.96. The number of nitrogens with two attached hydrogens (primary N) is 1. The maximum absolute atomic E-state index is 5.66. The normalized spacial score (nSPS) is 17.9. The summed E-state index contributed by atoms with van der Waals surface area (Å²) in [6.45, 7) is 0.508. The zero-order valence-electron chi connectivity index (χ0n) is 10.2. The lowest BCUT2D eigenvalue weighted by atomic mass is 9.85. The van der Waals surface area contributed by atoms with Crippen LogP contribution in [-0.2, 0) is 20.0 Å². The van der Waals surface area contributed by atoms with E-state index in [0.29, 0.717) is 6.54 Å². The fraction of sp³-hybridized carbons (Fsp3) is 0.833. The first-order valence-corrected chi connectivity index (χ1v) is 6.38. The summed E-state index contributed by atoms with van der Waals surface area (Å²) < 4.78 is 1.88. The van der Waals surface area contributed by atoms with Gasteiger partial charge in [-0.2, -0.15) is 0 Å². The Hall–Kier alpha value is -0.900. The van der Waals surface area contributed by atoms with Crippen molar-refractivity contribution in [2.24, 2.45) is 18.7 Å². The highest BCUT2D eigenvalue weighted by Crippen LogP contribution is 2.27. The van der Waals surface area contributed by atoms with Gasteiger partial charge in [0, 0.05) is 13.6 Å². The lowest BCUT2D eigenvalue weighted by Crippen LogP contribution is -2.10. The molecular weight excluding hydrogens is 200 g/mol. The molecule has 1 saturated carbocycles. The number of aryl methyl sites for hydroxylation is 1. The van der Waals surface area contributed by atoms with E-state index in [1.54, 1.807) is 0 Å². The molecule has 4 heteroatoms. The largest absolute Gasteiger partial charge is 0.325 e. The Morgan fingerprint density at radius 2 is 2.06 bits per heavy atom. The standard InChI is InChI=1S/C12H22N4/c1-16-12(11(9-13)14-15-16)8-7-10-5-3-2-4-6-10/h10H,2-9,13H2,1H3. The van der Waals surface area contributed by atoms with E-state index in [2.05, 4.69) is 10.3 Å². The minimum atomic E-state index is 0.508. The van der Waals surface area contributed by atoms with Gasteiger partial charge in [0.2, 0.25) is 0 Å². The summed E-state index contributed by atoms with van der Waals surface area (Å²) in [6, 6.07) is 0. The van der Waals surface area contributed by atoms with Crippen LogP contribution >= 0.6 is 0 Å². The molecule has 0 saturated heterocycles. The van der Waals surface area contributed by atoms with Crippen LogP contribution in [0, 0.1) is 5.92 Å². The molecule has 1 aliphatic carbocycles. The maximum atomic E-state index is 5.66. The maximum Gasteiger partial charge on any atom is 0.0994 e. The quantitative estimate of drug-likeness (QED) is 0.845. The summed E-state index contributed by atoms with van der Waals surface area (Å²) >= 11 is 0. The number of nitrogens with zero attached hydrogens (tertiary/aromatic N) is 3. The van der Waals surface area contributed by atoms with Crippen molar-refractivity contribution in [2.45, 2.75) is 51.5 Å². The number of aromatic nitrogens is 3. The van der Waals surface area contributed by atoms with E-state index in [0.717, 1.165) is 18.0 Å². The van der Waals surface area contributed by atoms with Crippen LogP contribution in [0.2, 0.25) is 0 Å². The minimum absolute atomic E-state index is 0.508. The Balaban J connectivity index is 1.90. The first kappa shape index (κ1) is 11.6. The molecule has 16 heavy (non-hydrogen) atoms. The molecule has 0 unspecified atom stereocenters. The Morgan fingerprint density at radius 3 is 2.75 bits per heavy atom. The van der Waals surface area contributed by atoms with Crippen molar-refractivity contribution in [1.29, 1.82) is 0 Å². The van der Waals surface area contributed by atoms with Crippen LogP contribution in [0.5, 0.6) is 0 Å². The van der Waals surface area contributed by atoms with E-state index in [4.69, 9.17) is 5.73 Å². The predicted molar refractivity (Wildman–Crippen MR) is 63.8 cm³/mol. The van der Waals surface area contributed by atoms with Crippen molar-refractivity contribution in [3.8, 4) is 0 Å². The van der Waals surface area contributed by atoms with Crippen LogP contribution in [0.25, 0.3) is 0 Å². The van der Waals surface area contributed by atoms with Gasteiger partial charge in [0.1, 0.15) is 0 Å². The van der Waals surface area contributed by atoms with Crippen molar-refractivity contribution >= 4 is 0 Å². The average Bonchev–Trinajstić information content (AvgIpc) is 2.69. The summed E-state index contributed by atoms with van der Waals surface area (Å²) in [5.74, 6) is 0.911. The van der Waals surface area contributed by atoms with Crippen LogP contribution in [0.3, 0.4) is 0 Å². The van der Waals surface area contributed by atoms with Crippen molar-refractivity contribution in [3.05, 3.63) is 11.4 Å². The summed E-state index contributed by atoms with van der Waals surface area (Å²) in [4.78, 5) is 0. The van der Waals surface area contributed by atoms with Gasteiger partial charge in [-0.15, -0.1) is 5.10 Å². The molecule has 0 aliphatic heterocycles. The van der Waals surface area contributed by atoms with Gasteiger partial charge in [-0.3, -0.25) is 4.68 Å². The predicted octanol–water partition coefficient (Wildman–Crippen LogP) is 1.79. The molecule has 0 aromatic carbocycles. The molecule has 0 amide bonds. The molecular formula is C12H22N4. The molecule has 2 rings (SSSR count). The third kappa shape index (κ3) is 2.61. The lowest BCUT2D eigenvalue weighted by Gasteiger charge is -2.21. The van der Waals surface area contributed by atoms with E-state index in [-0.39, 0.29) is 0 Å². The van der Waals surface area contributed by atoms with Crippen molar-refractivity contribution in [2.75, 3.05) is 0 Å². The zero-order chi connectivity index (χ0) is 11.4. The first-order chi connectivity index (χ1) is 7.81. The fourth-order valence-corrected chi connectivity index (χ4v) is 2.70. The number of rotatable bonds is 4. The highest BCUT2D eigenvalue weighted by molar-refractivity contribution is 5.09. The average molecular weight is 222 g/mol. The molecule has 1 aliphatic rings. The topological polar surface area (TPSA) is 56.7 Å². The lowest BCUT2D eigenvalue weighted by molar-refractivity contribution is 0.337. The minimum Gasteiger partial charge on any atom is -0.325 e. The molecule has 4 nitrogen and oxygen atoms in total. The van der Waals surface area contributed by atoms with Crippen LogP contribution in [-0.4, -0.2) is 15.0 Å². The van der Waals surface area contributed by atoms with Crippen LogP contribution in [0.15, 0.2) is 0 Å². The Morgan fingerprint density at radius 1 is 1.31 bits per heavy atom. The zero-order valence-corrected chi connectivity index (χ0v) is 10.2. The molecule has 90 valence electrons. The molecule has 1 aromatic heterocycles. The molecule has 1 aromatic rings. The van der Waals surface area contributed by atoms with E-state index < -0.39 is 0 Å². The SMILES string of the molecule is Cn1nnc(CN)c1CCC1CCCCC1. The molecule has 0 bridgehead atoms. The van der Waals surface area contributed by atoms with Gasteiger partial charge < -0.3 is 5.73 Å². The smallest absolute Gasteiger partial charge is 0.0994 e. The third-order valence-corrected chi connectivity index (χ3v) is 3.73. The Bertz CT molecular complexity index is 326. The van der Waals surface area contributed by atoms with E-state index >= 15 is 0 Å². The first-order valence-electron chi connectivity index (χ1n) is 6.38. The van der Waals surface area contributed by atoms with Crippen molar-refractivity contribution in [3.63, 3.8) is 0 Å². The van der Waals surface area contributed by atoms with Crippen LogP contribution < -0.4 is 5.73 Å². The molecule has 1 fully saturated rings. The van der Waals surface area contributed by atoms with Crippen molar-refractivity contribution < 1.29 is 0 Å². The molecule has 2 N–H and O–H groups in total. The Kier molecular flexibility index (Phi) is 3.93. The fourth-order valence-electron chi connectivity index (χ4n) is 2.70. The van der Waals surface area contributed by atoms with Gasteiger partial charge in [0.05, 0.1) is 11.4 Å². The Labute approximate surface area is 97.2 Å². The van der Waals surface area contributed by atoms with Gasteiger partial charge in [-0.25, -0.2) is 0 Å². The molecule has 1 heterocycles. The highest BCUT2D eigenvalue weighted by Gasteiger charge is 2.15. The second kappa shape index (κ2) is 5.43. The van der Waals surface area contributed by atoms with E-state index in [1.807, 2.05) is 11.7 Å². The highest BCUT2D eigenvalue weighted by atomic mass is 15.4. The van der Waals surface area contributed by atoms with Crippen LogP contribution in [0.1, 0.15) is 49.9 Å². The summed E-state index contributed by atoms with van der Waals surface area (Å²) in [5.41, 5.74) is 7.86. The van der Waals surface area contributed by atoms with E-state index in [1.165, 1.54) is 44.2 Å². The van der Waals surface area contributed by atoms with Gasteiger partial charge in [-0.05, 0) is 18.8 Å². The third-order valence-electron chi connectivity index (χ3n) is 3.73. The van der Waals surface area contributed by atoms with Crippen molar-refractivity contribution in [1.82, 2.24) is 15.0 Å². The molecule has 0 spiro atoms. The second-order valence-corrected chi connectivity index (χ2v) is 4.85. The summed E-state index contributed by atoms with van der Waals surface area (Å²) in [5, 5.41) is 8.12. The molecule has 0 atom stereocenters.